The van der Waals surface area contributed by atoms with Crippen LogP contribution in [-0.2, 0) is 4.79 Å². The maximum absolute atomic E-state index is 10.2. The molecule has 5 N–H and O–H groups in total. The smallest absolute Gasteiger partial charge is 0.320 e. The molecule has 66 valence electrons. The summed E-state index contributed by atoms with van der Waals surface area (Å²) in [4.78, 5) is 10.2. The topological polar surface area (TPSA) is 89.3 Å². The van der Waals surface area contributed by atoms with E-state index in [0.717, 1.165) is 12.8 Å². The largest absolute Gasteiger partial charge is 0.480 e. The Morgan fingerprint density at radius 3 is 2.36 bits per heavy atom. The van der Waals surface area contributed by atoms with E-state index in [2.05, 4.69) is 0 Å². The Hall–Kier alpha value is -0.610. The Balaban J connectivity index is 3.31. The van der Waals surface area contributed by atoms with Gasteiger partial charge in [-0.25, -0.2) is 0 Å². The molecule has 4 nitrogen and oxygen atoms in total. The number of hydrogen-bond acceptors (Lipinski definition) is 3. The van der Waals surface area contributed by atoms with E-state index in [4.69, 9.17) is 16.6 Å². The highest BCUT2D eigenvalue weighted by molar-refractivity contribution is 5.72. The van der Waals surface area contributed by atoms with Gasteiger partial charge in [-0.3, -0.25) is 4.79 Å². The number of rotatable bonds is 5. The van der Waals surface area contributed by atoms with E-state index in [0.29, 0.717) is 6.42 Å². The fourth-order valence-corrected chi connectivity index (χ4v) is 0.783. The molecule has 0 aromatic carbocycles. The van der Waals surface area contributed by atoms with E-state index < -0.39 is 12.0 Å². The molecule has 0 aliphatic rings. The number of carboxylic acid groups (broad SMARTS) is 1. The van der Waals surface area contributed by atoms with Crippen molar-refractivity contribution in [3.63, 3.8) is 0 Å². The third-order valence-corrected chi connectivity index (χ3v) is 1.49. The van der Waals surface area contributed by atoms with Crippen molar-refractivity contribution in [3.05, 3.63) is 0 Å². The molecule has 0 spiro atoms. The lowest BCUT2D eigenvalue weighted by molar-refractivity contribution is -0.138. The summed E-state index contributed by atoms with van der Waals surface area (Å²) >= 11 is 0. The molecule has 0 heterocycles. The minimum absolute atomic E-state index is 0.135. The highest BCUT2D eigenvalue weighted by atomic mass is 16.4. The Bertz CT molecular complexity index is 126. The summed E-state index contributed by atoms with van der Waals surface area (Å²) in [5.74, 6) is -0.935. The first-order valence-corrected chi connectivity index (χ1v) is 3.78. The van der Waals surface area contributed by atoms with Crippen molar-refractivity contribution in [2.75, 3.05) is 0 Å². The number of carboxylic acids is 1. The van der Waals surface area contributed by atoms with Gasteiger partial charge in [0.1, 0.15) is 6.04 Å². The Labute approximate surface area is 66.6 Å². The van der Waals surface area contributed by atoms with E-state index in [1.807, 2.05) is 6.92 Å². The number of nitrogens with two attached hydrogens (primary N) is 2. The molecular formula is C7H16N2O2. The zero-order valence-corrected chi connectivity index (χ0v) is 6.79. The Kier molecular flexibility index (Phi) is 4.81. The van der Waals surface area contributed by atoms with Gasteiger partial charge in [-0.1, -0.05) is 0 Å². The molecule has 2 atom stereocenters. The monoisotopic (exact) mass is 160 g/mol. The maximum atomic E-state index is 10.2. The molecule has 11 heavy (non-hydrogen) atoms. The maximum Gasteiger partial charge on any atom is 0.320 e. The van der Waals surface area contributed by atoms with Crippen LogP contribution in [0.5, 0.6) is 0 Å². The van der Waals surface area contributed by atoms with Crippen molar-refractivity contribution in [1.82, 2.24) is 0 Å². The van der Waals surface area contributed by atoms with Gasteiger partial charge in [-0.05, 0) is 26.2 Å². The molecule has 0 aliphatic carbocycles. The van der Waals surface area contributed by atoms with Gasteiger partial charge >= 0.3 is 5.97 Å². The standard InChI is InChI=1S/C7H16N2O2/c1-5(8)3-2-4-6(9)7(10)11/h5-6H,2-4,8-9H2,1H3,(H,10,11)/t5-,6-/m1/s1. The first kappa shape index (κ1) is 10.4. The number of aliphatic carboxylic acids is 1. The van der Waals surface area contributed by atoms with Crippen LogP contribution in [0.3, 0.4) is 0 Å². The van der Waals surface area contributed by atoms with Crippen molar-refractivity contribution in [2.24, 2.45) is 11.5 Å². The lowest BCUT2D eigenvalue weighted by Gasteiger charge is -2.07. The average molecular weight is 160 g/mol. The van der Waals surface area contributed by atoms with Gasteiger partial charge in [0.2, 0.25) is 0 Å². The van der Waals surface area contributed by atoms with Crippen LogP contribution in [0.15, 0.2) is 0 Å². The van der Waals surface area contributed by atoms with Crippen molar-refractivity contribution in [3.8, 4) is 0 Å². The second-order valence-corrected chi connectivity index (χ2v) is 2.85. The third kappa shape index (κ3) is 5.82. The lowest BCUT2D eigenvalue weighted by atomic mass is 10.1. The van der Waals surface area contributed by atoms with Crippen LogP contribution < -0.4 is 11.5 Å². The predicted octanol–water partition coefficient (Wildman–Crippen LogP) is -0.0842. The quantitative estimate of drug-likeness (QED) is 0.524. The summed E-state index contributed by atoms with van der Waals surface area (Å²) in [7, 11) is 0. The molecule has 0 unspecified atom stereocenters. The summed E-state index contributed by atoms with van der Waals surface area (Å²) in [6.45, 7) is 1.90. The van der Waals surface area contributed by atoms with Crippen LogP contribution in [0.4, 0.5) is 0 Å². The fraction of sp³-hybridized carbons (Fsp3) is 0.857. The van der Waals surface area contributed by atoms with Crippen LogP contribution in [0.2, 0.25) is 0 Å². The Morgan fingerprint density at radius 1 is 1.45 bits per heavy atom. The van der Waals surface area contributed by atoms with Gasteiger partial charge < -0.3 is 16.6 Å². The van der Waals surface area contributed by atoms with Crippen LogP contribution >= 0.6 is 0 Å². The molecule has 0 aromatic heterocycles. The minimum atomic E-state index is -0.935. The normalized spacial score (nSPS) is 15.9. The van der Waals surface area contributed by atoms with Crippen molar-refractivity contribution >= 4 is 5.97 Å². The highest BCUT2D eigenvalue weighted by Crippen LogP contribution is 2.00. The van der Waals surface area contributed by atoms with E-state index in [9.17, 15) is 4.79 Å². The van der Waals surface area contributed by atoms with Crippen LogP contribution in [-0.4, -0.2) is 23.2 Å². The molecule has 0 rings (SSSR count). The van der Waals surface area contributed by atoms with Crippen LogP contribution in [0.1, 0.15) is 26.2 Å². The zero-order valence-electron chi connectivity index (χ0n) is 6.79. The average Bonchev–Trinajstić information content (AvgIpc) is 1.86. The summed E-state index contributed by atoms with van der Waals surface area (Å²) in [5, 5.41) is 8.39. The molecule has 0 bridgehead atoms. The van der Waals surface area contributed by atoms with Crippen LogP contribution in [0.25, 0.3) is 0 Å². The molecule has 0 amide bonds. The first-order chi connectivity index (χ1) is 5.04. The molecule has 0 fully saturated rings. The summed E-state index contributed by atoms with van der Waals surface area (Å²) in [6.07, 6.45) is 2.13. The SMILES string of the molecule is C[C@@H](N)CCC[C@@H](N)C(=O)O. The van der Waals surface area contributed by atoms with E-state index in [1.165, 1.54) is 0 Å². The molecule has 0 aromatic rings. The zero-order chi connectivity index (χ0) is 8.85. The van der Waals surface area contributed by atoms with Crippen LogP contribution in [0, 0.1) is 0 Å². The van der Waals surface area contributed by atoms with Crippen molar-refractivity contribution < 1.29 is 9.90 Å². The fourth-order valence-electron chi connectivity index (χ4n) is 0.783. The second kappa shape index (κ2) is 5.09. The molecule has 0 saturated carbocycles. The molecular weight excluding hydrogens is 144 g/mol. The van der Waals surface area contributed by atoms with Gasteiger partial charge in [-0.15, -0.1) is 0 Å². The van der Waals surface area contributed by atoms with E-state index in [-0.39, 0.29) is 6.04 Å². The summed E-state index contributed by atoms with van der Waals surface area (Å²) < 4.78 is 0. The van der Waals surface area contributed by atoms with Gasteiger partial charge in [0, 0.05) is 6.04 Å². The molecule has 0 radical (unpaired) electrons. The first-order valence-electron chi connectivity index (χ1n) is 3.78. The van der Waals surface area contributed by atoms with Gasteiger partial charge in [-0.2, -0.15) is 0 Å². The van der Waals surface area contributed by atoms with Crippen molar-refractivity contribution in [2.45, 2.75) is 38.3 Å². The second-order valence-electron chi connectivity index (χ2n) is 2.85. The van der Waals surface area contributed by atoms with Gasteiger partial charge in [0.25, 0.3) is 0 Å². The minimum Gasteiger partial charge on any atom is -0.480 e. The third-order valence-electron chi connectivity index (χ3n) is 1.49. The Morgan fingerprint density at radius 2 is 2.00 bits per heavy atom. The lowest BCUT2D eigenvalue weighted by Crippen LogP contribution is -2.30. The molecule has 4 heteroatoms. The van der Waals surface area contributed by atoms with Gasteiger partial charge in [0.05, 0.1) is 0 Å². The number of hydrogen-bond donors (Lipinski definition) is 3. The number of carbonyl (C=O) groups is 1. The summed E-state index contributed by atoms with van der Waals surface area (Å²) in [6, 6.07) is -0.593. The van der Waals surface area contributed by atoms with Crippen molar-refractivity contribution in [1.29, 1.82) is 0 Å². The molecule has 0 saturated heterocycles. The summed E-state index contributed by atoms with van der Waals surface area (Å²) in [5.41, 5.74) is 10.7. The van der Waals surface area contributed by atoms with Gasteiger partial charge in [0.15, 0.2) is 0 Å². The highest BCUT2D eigenvalue weighted by Gasteiger charge is 2.10. The molecule has 0 aliphatic heterocycles. The van der Waals surface area contributed by atoms with E-state index >= 15 is 0 Å². The van der Waals surface area contributed by atoms with E-state index in [1.54, 1.807) is 0 Å². The predicted molar refractivity (Wildman–Crippen MR) is 43.1 cm³/mol.